The second kappa shape index (κ2) is 12.3. The van der Waals surface area contributed by atoms with Crippen molar-refractivity contribution < 1.29 is 4.42 Å². The summed E-state index contributed by atoms with van der Waals surface area (Å²) in [7, 11) is 0. The number of nitrogens with zero attached hydrogens (tertiary/aromatic N) is 2. The molecule has 0 N–H and O–H groups in total. The molecule has 54 heavy (non-hydrogen) atoms. The van der Waals surface area contributed by atoms with E-state index in [-0.39, 0.29) is 0 Å². The summed E-state index contributed by atoms with van der Waals surface area (Å²) in [6.07, 6.45) is 2.87. The van der Waals surface area contributed by atoms with Crippen molar-refractivity contribution in [2.24, 2.45) is 9.98 Å². The number of allylic oxidation sites excluding steroid dienone is 1. The molecule has 3 nitrogen and oxygen atoms in total. The van der Waals surface area contributed by atoms with Crippen LogP contribution in [0.2, 0.25) is 0 Å². The van der Waals surface area contributed by atoms with Gasteiger partial charge in [-0.2, -0.15) is 0 Å². The lowest BCUT2D eigenvalue weighted by molar-refractivity contribution is 0.669. The Balaban J connectivity index is 1.18. The fraction of sp³-hybridized carbons (Fsp3) is 0.0196. The number of benzene rings is 9. The molecule has 0 saturated heterocycles. The van der Waals surface area contributed by atoms with Crippen LogP contribution in [0.4, 0.5) is 0 Å². The molecule has 11 rings (SSSR count). The second-order valence-electron chi connectivity index (χ2n) is 14.1. The van der Waals surface area contributed by atoms with Gasteiger partial charge >= 0.3 is 0 Å². The molecule has 252 valence electrons. The molecule has 0 bridgehead atoms. The molecule has 9 aromatic carbocycles. The number of fused-ring (bicyclic) bond motifs is 10. The van der Waals surface area contributed by atoms with Crippen molar-refractivity contribution in [1.29, 1.82) is 0 Å². The molecule has 1 aromatic heterocycles. The third-order valence-electron chi connectivity index (χ3n) is 10.9. The van der Waals surface area contributed by atoms with Crippen LogP contribution in [-0.4, -0.2) is 11.5 Å². The van der Waals surface area contributed by atoms with Crippen molar-refractivity contribution in [3.05, 3.63) is 199 Å². The van der Waals surface area contributed by atoms with Gasteiger partial charge in [-0.15, -0.1) is 0 Å². The van der Waals surface area contributed by atoms with Gasteiger partial charge in [-0.25, -0.2) is 9.98 Å². The zero-order valence-corrected chi connectivity index (χ0v) is 29.3. The number of furan rings is 1. The molecule has 0 amide bonds. The minimum absolute atomic E-state index is 0.653. The van der Waals surface area contributed by atoms with E-state index in [1.807, 2.05) is 18.2 Å². The minimum Gasteiger partial charge on any atom is -0.456 e. The first kappa shape index (κ1) is 30.5. The van der Waals surface area contributed by atoms with Gasteiger partial charge in [-0.05, 0) is 90.1 Å². The fourth-order valence-electron chi connectivity index (χ4n) is 8.30. The van der Waals surface area contributed by atoms with Gasteiger partial charge in [0.2, 0.25) is 0 Å². The number of amidine groups is 1. The SMILES string of the molecule is C1=C(c2ccc3ccccc3c2)N=C(c2cc(-c3ccc4c5ccccc5c5ccccc5c4c3)cc3oc4ccccc4c23)N=C(c2ccccc2)C1. The first-order valence-electron chi connectivity index (χ1n) is 18.5. The van der Waals surface area contributed by atoms with E-state index >= 15 is 0 Å². The van der Waals surface area contributed by atoms with Crippen LogP contribution >= 0.6 is 0 Å². The topological polar surface area (TPSA) is 37.9 Å². The van der Waals surface area contributed by atoms with Crippen LogP contribution in [0.3, 0.4) is 0 Å². The molecular formula is C51H32N2O. The van der Waals surface area contributed by atoms with Crippen LogP contribution in [0.15, 0.2) is 196 Å². The Hall–Kier alpha value is -7.10. The third kappa shape index (κ3) is 4.97. The lowest BCUT2D eigenvalue weighted by Gasteiger charge is -2.13. The Morgan fingerprint density at radius 3 is 1.80 bits per heavy atom. The molecule has 0 unspecified atom stereocenters. The molecule has 0 fully saturated rings. The zero-order chi connectivity index (χ0) is 35.6. The lowest BCUT2D eigenvalue weighted by atomic mass is 9.91. The zero-order valence-electron chi connectivity index (χ0n) is 29.3. The van der Waals surface area contributed by atoms with Crippen LogP contribution in [0.25, 0.3) is 81.9 Å². The van der Waals surface area contributed by atoms with Crippen molar-refractivity contribution in [2.45, 2.75) is 6.42 Å². The number of hydrogen-bond donors (Lipinski definition) is 0. The molecule has 1 aliphatic rings. The molecule has 2 heterocycles. The molecule has 0 aliphatic carbocycles. The summed E-state index contributed by atoms with van der Waals surface area (Å²) in [5.41, 5.74) is 8.78. The Morgan fingerprint density at radius 2 is 1.02 bits per heavy atom. The normalized spacial score (nSPS) is 13.4. The standard InChI is InChI=1S/C51H32N2O/c1-2-13-33(14-3-1)46-26-27-47(36-23-22-32-12-4-5-15-34(32)28-36)53-51(52-46)45-30-37(31-49-50(45)43-20-10-11-21-48(43)54-49)35-24-25-42-40-18-7-6-16-38(40)39-17-8-9-19-41(39)44(42)29-35/h1-25,27-31H,26H2. The molecule has 0 saturated carbocycles. The molecule has 1 aliphatic heterocycles. The molecule has 0 radical (unpaired) electrons. The number of aliphatic imine (C=N–C) groups is 2. The van der Waals surface area contributed by atoms with Crippen molar-refractivity contribution >= 4 is 82.3 Å². The smallest absolute Gasteiger partial charge is 0.160 e. The monoisotopic (exact) mass is 688 g/mol. The predicted octanol–water partition coefficient (Wildman–Crippen LogP) is 13.5. The van der Waals surface area contributed by atoms with E-state index in [9.17, 15) is 0 Å². The number of para-hydroxylation sites is 1. The van der Waals surface area contributed by atoms with Crippen molar-refractivity contribution in [3.63, 3.8) is 0 Å². The van der Waals surface area contributed by atoms with Gasteiger partial charge in [-0.1, -0.05) is 152 Å². The van der Waals surface area contributed by atoms with Crippen molar-refractivity contribution in [2.75, 3.05) is 0 Å². The van der Waals surface area contributed by atoms with E-state index < -0.39 is 0 Å². The Kier molecular flexibility index (Phi) is 6.93. The van der Waals surface area contributed by atoms with E-state index in [4.69, 9.17) is 14.4 Å². The molecular weight excluding hydrogens is 657 g/mol. The highest BCUT2D eigenvalue weighted by molar-refractivity contribution is 6.27. The van der Waals surface area contributed by atoms with Crippen molar-refractivity contribution in [1.82, 2.24) is 0 Å². The van der Waals surface area contributed by atoms with Crippen LogP contribution in [0, 0.1) is 0 Å². The molecule has 10 aromatic rings. The maximum absolute atomic E-state index is 6.65. The van der Waals surface area contributed by atoms with Gasteiger partial charge in [0.25, 0.3) is 0 Å². The highest BCUT2D eigenvalue weighted by Gasteiger charge is 2.21. The first-order chi connectivity index (χ1) is 26.7. The highest BCUT2D eigenvalue weighted by Crippen LogP contribution is 2.40. The summed E-state index contributed by atoms with van der Waals surface area (Å²) in [5.74, 6) is 0.668. The summed E-state index contributed by atoms with van der Waals surface area (Å²) < 4.78 is 6.65. The van der Waals surface area contributed by atoms with Gasteiger partial charge in [0.05, 0.1) is 11.4 Å². The van der Waals surface area contributed by atoms with E-state index in [2.05, 4.69) is 164 Å². The summed E-state index contributed by atoms with van der Waals surface area (Å²) >= 11 is 0. The van der Waals surface area contributed by atoms with Gasteiger partial charge in [-0.3, -0.25) is 0 Å². The molecule has 3 heteroatoms. The van der Waals surface area contributed by atoms with Crippen LogP contribution in [0.5, 0.6) is 0 Å². The van der Waals surface area contributed by atoms with E-state index in [1.165, 1.54) is 43.1 Å². The van der Waals surface area contributed by atoms with Gasteiger partial charge in [0.15, 0.2) is 5.84 Å². The first-order valence-corrected chi connectivity index (χ1v) is 18.5. The molecule has 0 spiro atoms. The quantitative estimate of drug-likeness (QED) is 0.170. The molecule has 0 atom stereocenters. The maximum atomic E-state index is 6.65. The van der Waals surface area contributed by atoms with Crippen LogP contribution < -0.4 is 0 Å². The Labute approximate surface area is 311 Å². The van der Waals surface area contributed by atoms with Crippen molar-refractivity contribution in [3.8, 4) is 11.1 Å². The maximum Gasteiger partial charge on any atom is 0.160 e. The van der Waals surface area contributed by atoms with E-state index in [0.717, 1.165) is 61.2 Å². The Morgan fingerprint density at radius 1 is 0.389 bits per heavy atom. The Bertz CT molecular complexity index is 3200. The second-order valence-corrected chi connectivity index (χ2v) is 14.1. The average molecular weight is 689 g/mol. The average Bonchev–Trinajstić information content (AvgIpc) is 3.47. The van der Waals surface area contributed by atoms with Gasteiger partial charge in [0, 0.05) is 28.3 Å². The summed E-state index contributed by atoms with van der Waals surface area (Å²) in [4.78, 5) is 10.9. The lowest BCUT2D eigenvalue weighted by Crippen LogP contribution is -2.05. The minimum atomic E-state index is 0.653. The summed E-state index contributed by atoms with van der Waals surface area (Å²) in [6, 6.07) is 62.5. The van der Waals surface area contributed by atoms with E-state index in [0.29, 0.717) is 12.3 Å². The highest BCUT2D eigenvalue weighted by atomic mass is 16.3. The summed E-state index contributed by atoms with van der Waals surface area (Å²) in [5, 5.41) is 12.0. The van der Waals surface area contributed by atoms with Gasteiger partial charge in [0.1, 0.15) is 11.2 Å². The van der Waals surface area contributed by atoms with Crippen LogP contribution in [-0.2, 0) is 0 Å². The number of rotatable bonds is 4. The number of hydrogen-bond acceptors (Lipinski definition) is 3. The summed E-state index contributed by atoms with van der Waals surface area (Å²) in [6.45, 7) is 0. The van der Waals surface area contributed by atoms with E-state index in [1.54, 1.807) is 0 Å². The third-order valence-corrected chi connectivity index (χ3v) is 10.9. The fourth-order valence-corrected chi connectivity index (χ4v) is 8.30. The van der Waals surface area contributed by atoms with Gasteiger partial charge < -0.3 is 4.42 Å². The van der Waals surface area contributed by atoms with Crippen LogP contribution in [0.1, 0.15) is 23.1 Å². The largest absolute Gasteiger partial charge is 0.456 e. The predicted molar refractivity (Wildman–Crippen MR) is 228 cm³/mol.